The molecule has 0 rings (SSSR count). The first-order chi connectivity index (χ1) is 16.6. The minimum Gasteiger partial charge on any atom is -0.494 e. The van der Waals surface area contributed by atoms with Crippen LogP contribution in [0.15, 0.2) is 0 Å². The van der Waals surface area contributed by atoms with Gasteiger partial charge >= 0.3 is 67.2 Å². The molecule has 0 aromatic rings. The maximum absolute atomic E-state index is 12.1. The fraction of sp³-hybridized carbons (Fsp3) is 0.750. The second-order valence-corrected chi connectivity index (χ2v) is 27.5. The lowest BCUT2D eigenvalue weighted by Crippen LogP contribution is -2.69. The first-order valence-corrected chi connectivity index (χ1v) is 28.0. The molecule has 0 heterocycles. The third-order valence-corrected chi connectivity index (χ3v) is 19.9. The molecule has 12 nitrogen and oxygen atoms in total. The highest BCUT2D eigenvalue weighted by molar-refractivity contribution is 9.10. The largest absolute Gasteiger partial charge is 0.646 e. The summed E-state index contributed by atoms with van der Waals surface area (Å²) in [6.07, 6.45) is 0. The Labute approximate surface area is 256 Å². The normalized spacial score (nSPS) is 13.1. The number of hydrogen-bond donors (Lipinski definition) is 0. The van der Waals surface area contributed by atoms with Gasteiger partial charge in [-0.2, -0.15) is 0 Å². The zero-order valence-electron chi connectivity index (χ0n) is 21.7. The lowest BCUT2D eigenvalue weighted by atomic mass is 10.8. The standard InChI is InChI=1S/C16H32Br4O12Si5/c1-33(2,25-13(21)9-17)29-37(30-34(3,4)26-14(22)10-18,31-35(5,6)27-15(23)11-19)32-36(7,8)28-16(24)12-20/h9-12H2,1-8H3. The average molecular weight is 876 g/mol. The van der Waals surface area contributed by atoms with Crippen LogP contribution >= 0.6 is 63.7 Å². The molecule has 0 atom stereocenters. The van der Waals surface area contributed by atoms with E-state index in [1.165, 1.54) is 0 Å². The van der Waals surface area contributed by atoms with Gasteiger partial charge in [-0.3, -0.25) is 19.2 Å². The van der Waals surface area contributed by atoms with E-state index in [0.29, 0.717) is 0 Å². The Kier molecular flexibility index (Phi) is 16.0. The lowest BCUT2D eigenvalue weighted by Gasteiger charge is -2.43. The molecule has 0 fully saturated rings. The zero-order valence-corrected chi connectivity index (χ0v) is 33.1. The SMILES string of the molecule is C[Si](C)(OC(=O)CBr)O[Si](O[Si](C)(C)OC(=O)CBr)(O[Si](C)(C)OC(=O)CBr)O[Si](C)(C)OC(=O)CBr. The van der Waals surface area contributed by atoms with Crippen molar-refractivity contribution in [2.75, 3.05) is 21.3 Å². The third-order valence-electron chi connectivity index (χ3n) is 3.36. The smallest absolute Gasteiger partial charge is 0.494 e. The summed E-state index contributed by atoms with van der Waals surface area (Å²) >= 11 is 12.2. The first-order valence-electron chi connectivity index (χ1n) is 10.6. The molecule has 0 radical (unpaired) electrons. The van der Waals surface area contributed by atoms with Gasteiger partial charge in [0.05, 0.1) is 21.3 Å². The quantitative estimate of drug-likeness (QED) is 0.163. The fourth-order valence-corrected chi connectivity index (χ4v) is 20.0. The minimum absolute atomic E-state index is 0.0980. The van der Waals surface area contributed by atoms with Crippen molar-refractivity contribution >= 4 is 131 Å². The van der Waals surface area contributed by atoms with Crippen molar-refractivity contribution in [3.8, 4) is 0 Å². The van der Waals surface area contributed by atoms with E-state index in [4.69, 9.17) is 34.2 Å². The van der Waals surface area contributed by atoms with Gasteiger partial charge < -0.3 is 34.2 Å². The minimum atomic E-state index is -4.58. The Bertz CT molecular complexity index is 696. The summed E-state index contributed by atoms with van der Waals surface area (Å²) in [6, 6.07) is 0. The maximum atomic E-state index is 12.1. The molecule has 0 aliphatic carbocycles. The molecule has 0 saturated heterocycles. The lowest BCUT2D eigenvalue weighted by molar-refractivity contribution is -0.133. The van der Waals surface area contributed by atoms with Crippen molar-refractivity contribution in [2.24, 2.45) is 0 Å². The van der Waals surface area contributed by atoms with Gasteiger partial charge in [0.15, 0.2) is 0 Å². The van der Waals surface area contributed by atoms with Gasteiger partial charge in [-0.15, -0.1) is 0 Å². The maximum Gasteiger partial charge on any atom is 0.646 e. The highest BCUT2D eigenvalue weighted by Gasteiger charge is 2.63. The molecule has 37 heavy (non-hydrogen) atoms. The second kappa shape index (κ2) is 15.7. The van der Waals surface area contributed by atoms with Crippen molar-refractivity contribution in [1.29, 1.82) is 0 Å². The van der Waals surface area contributed by atoms with Crippen LogP contribution in [0.1, 0.15) is 0 Å². The predicted octanol–water partition coefficient (Wildman–Crippen LogP) is 4.05. The summed E-state index contributed by atoms with van der Waals surface area (Å²) in [7, 11) is -18.3. The molecule has 0 aromatic heterocycles. The van der Waals surface area contributed by atoms with Crippen LogP contribution < -0.4 is 0 Å². The van der Waals surface area contributed by atoms with Crippen LogP contribution in [0.25, 0.3) is 0 Å². The van der Waals surface area contributed by atoms with Gasteiger partial charge in [0, 0.05) is 0 Å². The van der Waals surface area contributed by atoms with E-state index in [1.54, 1.807) is 52.4 Å². The Hall–Kier alpha value is 0.724. The molecule has 0 aliphatic rings. The molecule has 0 amide bonds. The number of hydrogen-bond acceptors (Lipinski definition) is 12. The van der Waals surface area contributed by atoms with E-state index in [0.717, 1.165) is 0 Å². The number of halogens is 4. The van der Waals surface area contributed by atoms with E-state index in [9.17, 15) is 19.2 Å². The van der Waals surface area contributed by atoms with E-state index in [1.807, 2.05) is 0 Å². The molecule has 21 heteroatoms. The zero-order chi connectivity index (χ0) is 29.3. The summed E-state index contributed by atoms with van der Waals surface area (Å²) in [5.74, 6) is -2.42. The van der Waals surface area contributed by atoms with Crippen molar-refractivity contribution in [2.45, 2.75) is 52.4 Å². The van der Waals surface area contributed by atoms with E-state index in [2.05, 4.69) is 63.7 Å². The van der Waals surface area contributed by atoms with Gasteiger partial charge in [-0.05, 0) is 52.4 Å². The van der Waals surface area contributed by atoms with Gasteiger partial charge in [-0.25, -0.2) is 0 Å². The average Bonchev–Trinajstić information content (AvgIpc) is 2.69. The van der Waals surface area contributed by atoms with E-state index >= 15 is 0 Å². The highest BCUT2D eigenvalue weighted by atomic mass is 79.9. The molecule has 0 N–H and O–H groups in total. The van der Waals surface area contributed by atoms with Crippen LogP contribution in [0.4, 0.5) is 0 Å². The summed E-state index contributed by atoms with van der Waals surface area (Å²) < 4.78 is 47.3. The number of carbonyl (C=O) groups excluding carboxylic acids is 4. The fourth-order valence-electron chi connectivity index (χ4n) is 2.62. The molecular weight excluding hydrogens is 844 g/mol. The van der Waals surface area contributed by atoms with Gasteiger partial charge in [-0.1, -0.05) is 63.7 Å². The van der Waals surface area contributed by atoms with Gasteiger partial charge in [0.2, 0.25) is 0 Å². The Morgan fingerprint density at radius 3 is 0.730 bits per heavy atom. The predicted molar refractivity (Wildman–Crippen MR) is 160 cm³/mol. The number of rotatable bonds is 16. The summed E-state index contributed by atoms with van der Waals surface area (Å²) in [5.41, 5.74) is 0. The van der Waals surface area contributed by atoms with Crippen molar-refractivity contribution in [1.82, 2.24) is 0 Å². The molecule has 0 spiro atoms. The Morgan fingerprint density at radius 1 is 0.432 bits per heavy atom. The molecule has 0 bridgehead atoms. The molecule has 216 valence electrons. The third kappa shape index (κ3) is 15.9. The molecule has 0 unspecified atom stereocenters. The summed E-state index contributed by atoms with van der Waals surface area (Å²) in [6.45, 7) is 12.5. The second-order valence-electron chi connectivity index (χ2n) is 8.94. The van der Waals surface area contributed by atoms with E-state index < -0.39 is 67.2 Å². The molecule has 0 aliphatic heterocycles. The van der Waals surface area contributed by atoms with Crippen LogP contribution in [-0.2, 0) is 53.3 Å². The van der Waals surface area contributed by atoms with Crippen LogP contribution in [0, 0.1) is 0 Å². The van der Waals surface area contributed by atoms with Crippen molar-refractivity contribution in [3.63, 3.8) is 0 Å². The monoisotopic (exact) mass is 872 g/mol. The van der Waals surface area contributed by atoms with Crippen molar-refractivity contribution < 1.29 is 53.3 Å². The molecule has 0 aromatic carbocycles. The van der Waals surface area contributed by atoms with Crippen LogP contribution in [0.2, 0.25) is 52.4 Å². The van der Waals surface area contributed by atoms with Crippen LogP contribution in [0.3, 0.4) is 0 Å². The van der Waals surface area contributed by atoms with Crippen molar-refractivity contribution in [3.05, 3.63) is 0 Å². The summed E-state index contributed by atoms with van der Waals surface area (Å²) in [5, 5.41) is -0.392. The van der Waals surface area contributed by atoms with Crippen LogP contribution in [-0.4, -0.2) is 88.5 Å². The first kappa shape index (κ1) is 37.7. The Morgan fingerprint density at radius 2 is 0.595 bits per heavy atom. The number of alkyl halides is 4. The number of carbonyl (C=O) groups is 4. The Balaban J connectivity index is 6.83. The topological polar surface area (TPSA) is 142 Å². The van der Waals surface area contributed by atoms with Gasteiger partial charge in [0.1, 0.15) is 0 Å². The molecule has 0 saturated carbocycles. The summed E-state index contributed by atoms with van der Waals surface area (Å²) in [4.78, 5) is 48.4. The highest BCUT2D eigenvalue weighted by Crippen LogP contribution is 2.31. The molecular formula is C16H32Br4O12Si5. The van der Waals surface area contributed by atoms with Gasteiger partial charge in [0.25, 0.3) is 0 Å². The van der Waals surface area contributed by atoms with E-state index in [-0.39, 0.29) is 21.3 Å². The van der Waals surface area contributed by atoms with Crippen LogP contribution in [0.5, 0.6) is 0 Å².